The summed E-state index contributed by atoms with van der Waals surface area (Å²) in [6, 6.07) is 5.82. The molecule has 4 heteroatoms. The van der Waals surface area contributed by atoms with Gasteiger partial charge in [-0.2, -0.15) is 0 Å². The van der Waals surface area contributed by atoms with Crippen LogP contribution in [0.15, 0.2) is 18.2 Å². The fourth-order valence-corrected chi connectivity index (χ4v) is 1.88. The summed E-state index contributed by atoms with van der Waals surface area (Å²) in [5.41, 5.74) is 0.958. The van der Waals surface area contributed by atoms with Crippen LogP contribution in [0, 0.1) is 0 Å². The summed E-state index contributed by atoms with van der Waals surface area (Å²) in [6.45, 7) is 6.42. The van der Waals surface area contributed by atoms with Crippen molar-refractivity contribution in [2.75, 3.05) is 6.79 Å². The zero-order chi connectivity index (χ0) is 13.9. The molecule has 0 aliphatic carbocycles. The van der Waals surface area contributed by atoms with E-state index in [1.165, 1.54) is 0 Å². The van der Waals surface area contributed by atoms with Crippen LogP contribution in [-0.2, 0) is 11.2 Å². The number of benzene rings is 1. The van der Waals surface area contributed by atoms with Crippen molar-refractivity contribution in [1.29, 1.82) is 0 Å². The van der Waals surface area contributed by atoms with E-state index in [1.807, 2.05) is 32.0 Å². The van der Waals surface area contributed by atoms with E-state index in [-0.39, 0.29) is 18.2 Å². The quantitative estimate of drug-likeness (QED) is 0.888. The van der Waals surface area contributed by atoms with Crippen LogP contribution in [0.3, 0.4) is 0 Å². The highest BCUT2D eigenvalue weighted by Crippen LogP contribution is 2.32. The van der Waals surface area contributed by atoms with Gasteiger partial charge in [0.2, 0.25) is 12.7 Å². The number of amides is 1. The highest BCUT2D eigenvalue weighted by atomic mass is 16.7. The first-order valence-electron chi connectivity index (χ1n) is 6.70. The molecule has 1 amide bonds. The van der Waals surface area contributed by atoms with E-state index in [4.69, 9.17) is 9.47 Å². The number of carbonyl (C=O) groups excluding carboxylic acids is 1. The predicted octanol–water partition coefficient (Wildman–Crippen LogP) is 2.65. The molecule has 0 saturated heterocycles. The van der Waals surface area contributed by atoms with Gasteiger partial charge in [0.1, 0.15) is 0 Å². The van der Waals surface area contributed by atoms with E-state index in [2.05, 4.69) is 12.2 Å². The number of aryl methyl sites for hydroxylation is 1. The first-order valence-corrected chi connectivity index (χ1v) is 6.70. The minimum Gasteiger partial charge on any atom is -0.454 e. The monoisotopic (exact) mass is 263 g/mol. The summed E-state index contributed by atoms with van der Waals surface area (Å²) in [5, 5.41) is 3.03. The zero-order valence-corrected chi connectivity index (χ0v) is 11.8. The third-order valence-electron chi connectivity index (χ3n) is 3.44. The van der Waals surface area contributed by atoms with Crippen LogP contribution < -0.4 is 14.8 Å². The van der Waals surface area contributed by atoms with Crippen molar-refractivity contribution in [3.8, 4) is 11.5 Å². The molecule has 104 valence electrons. The van der Waals surface area contributed by atoms with Gasteiger partial charge in [-0.05, 0) is 44.4 Å². The molecular weight excluding hydrogens is 242 g/mol. The van der Waals surface area contributed by atoms with Crippen molar-refractivity contribution in [3.05, 3.63) is 23.8 Å². The molecule has 0 spiro atoms. The molecular formula is C15H21NO3. The van der Waals surface area contributed by atoms with Crippen molar-refractivity contribution in [2.24, 2.45) is 0 Å². The first kappa shape index (κ1) is 13.7. The molecule has 1 heterocycles. The summed E-state index contributed by atoms with van der Waals surface area (Å²) >= 11 is 0. The maximum absolute atomic E-state index is 11.9. The molecule has 0 fully saturated rings. The summed E-state index contributed by atoms with van der Waals surface area (Å²) in [4.78, 5) is 11.9. The van der Waals surface area contributed by atoms with E-state index in [1.54, 1.807) is 0 Å². The molecule has 0 atom stereocenters. The fourth-order valence-electron chi connectivity index (χ4n) is 1.88. The van der Waals surface area contributed by atoms with Crippen LogP contribution in [-0.4, -0.2) is 18.2 Å². The molecule has 0 aromatic heterocycles. The second-order valence-electron chi connectivity index (χ2n) is 5.47. The number of nitrogens with one attached hydrogen (secondary N) is 1. The molecule has 1 aromatic carbocycles. The average Bonchev–Trinajstić information content (AvgIpc) is 2.83. The Morgan fingerprint density at radius 1 is 1.32 bits per heavy atom. The van der Waals surface area contributed by atoms with E-state index < -0.39 is 0 Å². The van der Waals surface area contributed by atoms with Gasteiger partial charge in [0.25, 0.3) is 0 Å². The highest BCUT2D eigenvalue weighted by molar-refractivity contribution is 5.77. The second kappa shape index (κ2) is 5.51. The molecule has 0 saturated carbocycles. The van der Waals surface area contributed by atoms with Gasteiger partial charge in [0.05, 0.1) is 0 Å². The smallest absolute Gasteiger partial charge is 0.231 e. The second-order valence-corrected chi connectivity index (χ2v) is 5.47. The van der Waals surface area contributed by atoms with Crippen molar-refractivity contribution in [2.45, 2.75) is 45.6 Å². The zero-order valence-electron chi connectivity index (χ0n) is 11.8. The highest BCUT2D eigenvalue weighted by Gasteiger charge is 2.18. The van der Waals surface area contributed by atoms with Crippen molar-refractivity contribution in [3.63, 3.8) is 0 Å². The number of carbonyl (C=O) groups is 1. The Morgan fingerprint density at radius 3 is 2.79 bits per heavy atom. The van der Waals surface area contributed by atoms with Gasteiger partial charge in [-0.1, -0.05) is 13.0 Å². The van der Waals surface area contributed by atoms with E-state index in [9.17, 15) is 4.79 Å². The molecule has 0 unspecified atom stereocenters. The van der Waals surface area contributed by atoms with Crippen LogP contribution in [0.25, 0.3) is 0 Å². The van der Waals surface area contributed by atoms with E-state index in [0.717, 1.165) is 23.5 Å². The third-order valence-corrected chi connectivity index (χ3v) is 3.44. The first-order chi connectivity index (χ1) is 9.00. The Morgan fingerprint density at radius 2 is 2.05 bits per heavy atom. The third kappa shape index (κ3) is 3.63. The van der Waals surface area contributed by atoms with Crippen molar-refractivity contribution < 1.29 is 14.3 Å². The number of rotatable bonds is 5. The molecule has 0 radical (unpaired) electrons. The molecule has 1 aliphatic rings. The van der Waals surface area contributed by atoms with Crippen molar-refractivity contribution >= 4 is 5.91 Å². The molecule has 4 nitrogen and oxygen atoms in total. The Hall–Kier alpha value is -1.71. The molecule has 2 rings (SSSR count). The molecule has 1 aliphatic heterocycles. The van der Waals surface area contributed by atoms with Crippen LogP contribution >= 0.6 is 0 Å². The number of ether oxygens (including phenoxy) is 2. The van der Waals surface area contributed by atoms with Crippen LogP contribution in [0.4, 0.5) is 0 Å². The fraction of sp³-hybridized carbons (Fsp3) is 0.533. The van der Waals surface area contributed by atoms with Gasteiger partial charge in [0, 0.05) is 12.0 Å². The number of hydrogen-bond acceptors (Lipinski definition) is 3. The standard InChI is InChI=1S/C15H21NO3/c1-4-15(2,3)16-14(17)8-6-11-5-7-12-13(9-11)19-10-18-12/h5,7,9H,4,6,8,10H2,1-3H3,(H,16,17). The topological polar surface area (TPSA) is 47.6 Å². The number of hydrogen-bond donors (Lipinski definition) is 1. The van der Waals surface area contributed by atoms with Crippen molar-refractivity contribution in [1.82, 2.24) is 5.32 Å². The SMILES string of the molecule is CCC(C)(C)NC(=O)CCc1ccc2c(c1)OCO2. The lowest BCUT2D eigenvalue weighted by Gasteiger charge is -2.24. The maximum atomic E-state index is 11.9. The Bertz CT molecular complexity index is 468. The normalized spacial score (nSPS) is 13.4. The lowest BCUT2D eigenvalue weighted by Crippen LogP contribution is -2.42. The van der Waals surface area contributed by atoms with Crippen LogP contribution in [0.2, 0.25) is 0 Å². The molecule has 19 heavy (non-hydrogen) atoms. The van der Waals surface area contributed by atoms with Crippen LogP contribution in [0.1, 0.15) is 39.2 Å². The minimum atomic E-state index is -0.133. The van der Waals surface area contributed by atoms with Gasteiger partial charge in [-0.25, -0.2) is 0 Å². The van der Waals surface area contributed by atoms with Gasteiger partial charge < -0.3 is 14.8 Å². The van der Waals surface area contributed by atoms with Crippen LogP contribution in [0.5, 0.6) is 11.5 Å². The lowest BCUT2D eigenvalue weighted by molar-refractivity contribution is -0.122. The largest absolute Gasteiger partial charge is 0.454 e. The summed E-state index contributed by atoms with van der Waals surface area (Å²) in [5.74, 6) is 1.64. The summed E-state index contributed by atoms with van der Waals surface area (Å²) in [7, 11) is 0. The van der Waals surface area contributed by atoms with Gasteiger partial charge in [-0.15, -0.1) is 0 Å². The Balaban J connectivity index is 1.87. The minimum absolute atomic E-state index is 0.0875. The summed E-state index contributed by atoms with van der Waals surface area (Å²) < 4.78 is 10.6. The predicted molar refractivity (Wildman–Crippen MR) is 73.4 cm³/mol. The lowest BCUT2D eigenvalue weighted by atomic mass is 10.0. The van der Waals surface area contributed by atoms with Gasteiger partial charge in [0.15, 0.2) is 11.5 Å². The van der Waals surface area contributed by atoms with Gasteiger partial charge >= 0.3 is 0 Å². The maximum Gasteiger partial charge on any atom is 0.231 e. The Labute approximate surface area is 114 Å². The average molecular weight is 263 g/mol. The molecule has 0 bridgehead atoms. The van der Waals surface area contributed by atoms with E-state index >= 15 is 0 Å². The molecule has 1 aromatic rings. The Kier molecular flexibility index (Phi) is 3.98. The summed E-state index contributed by atoms with van der Waals surface area (Å²) in [6.07, 6.45) is 2.12. The van der Waals surface area contributed by atoms with E-state index in [0.29, 0.717) is 12.8 Å². The van der Waals surface area contributed by atoms with Gasteiger partial charge in [-0.3, -0.25) is 4.79 Å². The molecule has 1 N–H and O–H groups in total. The number of fused-ring (bicyclic) bond motifs is 1.